The van der Waals surface area contributed by atoms with E-state index < -0.39 is 0 Å². The average Bonchev–Trinajstić information content (AvgIpc) is 2.40. The van der Waals surface area contributed by atoms with Crippen molar-refractivity contribution in [2.45, 2.75) is 6.04 Å². The van der Waals surface area contributed by atoms with Gasteiger partial charge in [-0.2, -0.15) is 5.26 Å². The molecule has 2 unspecified atom stereocenters. The Morgan fingerprint density at radius 1 is 1.16 bits per heavy atom. The molecule has 1 aromatic rings. The summed E-state index contributed by atoms with van der Waals surface area (Å²) in [5.74, 6) is 1.01. The highest BCUT2D eigenvalue weighted by Crippen LogP contribution is 2.31. The average molecular weight is 256 g/mol. The molecule has 2 saturated heterocycles. The molecule has 1 aromatic carbocycles. The third-order valence-corrected chi connectivity index (χ3v) is 4.46. The Kier molecular flexibility index (Phi) is 3.17. The molecule has 0 spiro atoms. The molecule has 0 aromatic heterocycles. The molecule has 0 amide bonds. The molecule has 2 heterocycles. The van der Waals surface area contributed by atoms with Crippen molar-refractivity contribution in [3.63, 3.8) is 0 Å². The van der Waals surface area contributed by atoms with Gasteiger partial charge in [-0.1, -0.05) is 12.1 Å². The van der Waals surface area contributed by atoms with Crippen LogP contribution in [0.1, 0.15) is 5.56 Å². The first-order chi connectivity index (χ1) is 9.19. The highest BCUT2D eigenvalue weighted by Gasteiger charge is 2.39. The van der Waals surface area contributed by atoms with Gasteiger partial charge < -0.3 is 15.5 Å². The molecule has 2 atom stereocenters. The summed E-state index contributed by atoms with van der Waals surface area (Å²) in [6, 6.07) is 10.5. The lowest BCUT2D eigenvalue weighted by molar-refractivity contribution is 0.107. The molecular formula is C15H20N4. The summed E-state index contributed by atoms with van der Waals surface area (Å²) >= 11 is 0. The summed E-state index contributed by atoms with van der Waals surface area (Å²) in [5.41, 5.74) is 8.17. The minimum absolute atomic E-state index is 0.307. The molecule has 2 aliphatic heterocycles. The summed E-state index contributed by atoms with van der Waals surface area (Å²) in [5, 5.41) is 9.24. The van der Waals surface area contributed by atoms with Crippen LogP contribution < -0.4 is 10.6 Å². The van der Waals surface area contributed by atoms with Crippen molar-refractivity contribution in [2.75, 3.05) is 38.1 Å². The van der Waals surface area contributed by atoms with Crippen LogP contribution in [0.25, 0.3) is 0 Å². The highest BCUT2D eigenvalue weighted by molar-refractivity contribution is 5.59. The zero-order valence-corrected chi connectivity index (χ0v) is 11.3. The number of rotatable bonds is 1. The third-order valence-electron chi connectivity index (χ3n) is 4.46. The minimum Gasteiger partial charge on any atom is -0.370 e. The monoisotopic (exact) mass is 256 g/mol. The first-order valence-electron chi connectivity index (χ1n) is 6.87. The lowest BCUT2D eigenvalue weighted by Gasteiger charge is -2.49. The zero-order valence-electron chi connectivity index (χ0n) is 11.3. The van der Waals surface area contributed by atoms with E-state index in [4.69, 9.17) is 5.73 Å². The number of hydrogen-bond donors (Lipinski definition) is 1. The van der Waals surface area contributed by atoms with Crippen LogP contribution in [0.15, 0.2) is 24.3 Å². The largest absolute Gasteiger partial charge is 0.370 e. The summed E-state index contributed by atoms with van der Waals surface area (Å²) < 4.78 is 0. The number of nitrogens with zero attached hydrogens (tertiary/aromatic N) is 3. The van der Waals surface area contributed by atoms with Crippen molar-refractivity contribution < 1.29 is 0 Å². The summed E-state index contributed by atoms with van der Waals surface area (Å²) in [7, 11) is 2.17. The van der Waals surface area contributed by atoms with Crippen molar-refractivity contribution in [3.05, 3.63) is 29.8 Å². The second-order valence-corrected chi connectivity index (χ2v) is 5.85. The molecule has 2 aliphatic rings. The molecule has 4 nitrogen and oxygen atoms in total. The second kappa shape index (κ2) is 4.84. The van der Waals surface area contributed by atoms with E-state index in [1.807, 2.05) is 18.2 Å². The second-order valence-electron chi connectivity index (χ2n) is 5.85. The van der Waals surface area contributed by atoms with Gasteiger partial charge in [-0.05, 0) is 19.2 Å². The quantitative estimate of drug-likeness (QED) is 0.810. The van der Waals surface area contributed by atoms with Gasteiger partial charge in [0.15, 0.2) is 0 Å². The highest BCUT2D eigenvalue weighted by atomic mass is 15.2. The molecule has 100 valence electrons. The first kappa shape index (κ1) is 12.5. The number of para-hydroxylation sites is 1. The molecule has 0 saturated carbocycles. The van der Waals surface area contributed by atoms with Gasteiger partial charge in [0.1, 0.15) is 6.07 Å². The fraction of sp³-hybridized carbons (Fsp3) is 0.533. The van der Waals surface area contributed by atoms with E-state index >= 15 is 0 Å². The van der Waals surface area contributed by atoms with Crippen LogP contribution in [-0.2, 0) is 0 Å². The fourth-order valence-electron chi connectivity index (χ4n) is 3.54. The van der Waals surface area contributed by atoms with Crippen LogP contribution in [0.4, 0.5) is 5.69 Å². The standard InChI is InChI=1S/C15H20N4/c1-18-7-12-9-19(10-13(8-18)15(12)17)14-5-3-2-4-11(14)6-16/h2-5,12-13,15H,7-10,17H2,1H3. The maximum absolute atomic E-state index is 9.24. The van der Waals surface area contributed by atoms with Crippen molar-refractivity contribution in [3.8, 4) is 6.07 Å². The topological polar surface area (TPSA) is 56.3 Å². The predicted molar refractivity (Wildman–Crippen MR) is 75.8 cm³/mol. The Hall–Kier alpha value is -1.57. The van der Waals surface area contributed by atoms with Gasteiger partial charge in [0, 0.05) is 44.1 Å². The van der Waals surface area contributed by atoms with E-state index in [9.17, 15) is 5.26 Å². The van der Waals surface area contributed by atoms with Gasteiger partial charge in [0.25, 0.3) is 0 Å². The summed E-state index contributed by atoms with van der Waals surface area (Å²) in [6.45, 7) is 4.03. The van der Waals surface area contributed by atoms with E-state index in [1.165, 1.54) is 0 Å². The normalized spacial score (nSPS) is 31.0. The van der Waals surface area contributed by atoms with E-state index in [0.717, 1.165) is 37.4 Å². The Labute approximate surface area is 114 Å². The number of hydrogen-bond acceptors (Lipinski definition) is 4. The number of nitrogens with two attached hydrogens (primary N) is 1. The van der Waals surface area contributed by atoms with E-state index in [0.29, 0.717) is 17.9 Å². The number of piperidine rings is 2. The van der Waals surface area contributed by atoms with Crippen LogP contribution >= 0.6 is 0 Å². The van der Waals surface area contributed by atoms with Gasteiger partial charge in [-0.15, -0.1) is 0 Å². The number of nitriles is 1. The smallest absolute Gasteiger partial charge is 0.101 e. The van der Waals surface area contributed by atoms with Crippen molar-refractivity contribution in [1.29, 1.82) is 5.26 Å². The molecule has 0 radical (unpaired) electrons. The summed E-state index contributed by atoms with van der Waals surface area (Å²) in [4.78, 5) is 4.73. The lowest BCUT2D eigenvalue weighted by Crippen LogP contribution is -2.62. The van der Waals surface area contributed by atoms with Crippen molar-refractivity contribution >= 4 is 5.69 Å². The molecule has 2 bridgehead atoms. The summed E-state index contributed by atoms with van der Waals surface area (Å²) in [6.07, 6.45) is 0. The van der Waals surface area contributed by atoms with Crippen molar-refractivity contribution in [2.24, 2.45) is 17.6 Å². The molecule has 0 aliphatic carbocycles. The van der Waals surface area contributed by atoms with Gasteiger partial charge in [0.05, 0.1) is 11.3 Å². The maximum atomic E-state index is 9.24. The third kappa shape index (κ3) is 2.20. The van der Waals surface area contributed by atoms with Crippen LogP contribution in [0.5, 0.6) is 0 Å². The van der Waals surface area contributed by atoms with Gasteiger partial charge >= 0.3 is 0 Å². The predicted octanol–water partition coefficient (Wildman–Crippen LogP) is 0.883. The first-order valence-corrected chi connectivity index (χ1v) is 6.87. The fourth-order valence-corrected chi connectivity index (χ4v) is 3.54. The van der Waals surface area contributed by atoms with E-state index in [1.54, 1.807) is 0 Å². The lowest BCUT2D eigenvalue weighted by atomic mass is 9.80. The van der Waals surface area contributed by atoms with Crippen LogP contribution in [0.2, 0.25) is 0 Å². The Bertz CT molecular complexity index is 491. The van der Waals surface area contributed by atoms with Crippen molar-refractivity contribution in [1.82, 2.24) is 4.90 Å². The van der Waals surface area contributed by atoms with Crippen LogP contribution in [0, 0.1) is 23.2 Å². The van der Waals surface area contributed by atoms with Gasteiger partial charge in [-0.3, -0.25) is 0 Å². The molecule has 2 fully saturated rings. The number of benzene rings is 1. The van der Waals surface area contributed by atoms with Crippen LogP contribution in [-0.4, -0.2) is 44.2 Å². The molecular weight excluding hydrogens is 236 g/mol. The van der Waals surface area contributed by atoms with Gasteiger partial charge in [0.2, 0.25) is 0 Å². The maximum Gasteiger partial charge on any atom is 0.101 e. The molecule has 3 rings (SSSR count). The molecule has 19 heavy (non-hydrogen) atoms. The Morgan fingerprint density at radius 3 is 2.42 bits per heavy atom. The Morgan fingerprint density at radius 2 is 1.79 bits per heavy atom. The number of anilines is 1. The minimum atomic E-state index is 0.307. The number of likely N-dealkylation sites (tertiary alicyclic amines) is 1. The van der Waals surface area contributed by atoms with Crippen LogP contribution in [0.3, 0.4) is 0 Å². The SMILES string of the molecule is CN1CC2CN(c3ccccc3C#N)CC(C1)C2N. The molecule has 2 N–H and O–H groups in total. The Balaban J connectivity index is 1.87. The van der Waals surface area contributed by atoms with Gasteiger partial charge in [-0.25, -0.2) is 0 Å². The molecule has 4 heteroatoms. The van der Waals surface area contributed by atoms with E-state index in [-0.39, 0.29) is 0 Å². The number of fused-ring (bicyclic) bond motifs is 2. The zero-order chi connectivity index (χ0) is 13.4. The van der Waals surface area contributed by atoms with E-state index in [2.05, 4.69) is 29.0 Å².